The van der Waals surface area contributed by atoms with Crippen molar-refractivity contribution in [3.8, 4) is 0 Å². The van der Waals surface area contributed by atoms with Crippen LogP contribution in [0.15, 0.2) is 6.20 Å². The fourth-order valence-corrected chi connectivity index (χ4v) is 0.911. The lowest BCUT2D eigenvalue weighted by Crippen LogP contribution is -2.54. The Morgan fingerprint density at radius 3 is 2.90 bits per heavy atom. The Kier molecular flexibility index (Phi) is 1.03. The summed E-state index contributed by atoms with van der Waals surface area (Å²) in [6, 6.07) is 0. The topological polar surface area (TPSA) is 76.8 Å². The Bertz CT molecular complexity index is 216. The van der Waals surface area contributed by atoms with Crippen LogP contribution in [0.5, 0.6) is 0 Å². The fraction of sp³-hybridized carbons (Fsp3) is 0.600. The third-order valence-corrected chi connectivity index (χ3v) is 1.64. The van der Waals surface area contributed by atoms with Crippen LogP contribution >= 0.6 is 0 Å². The second-order valence-electron chi connectivity index (χ2n) is 2.50. The summed E-state index contributed by atoms with van der Waals surface area (Å²) >= 11 is 0. The molecule has 0 aliphatic carbocycles. The van der Waals surface area contributed by atoms with Gasteiger partial charge in [-0.25, -0.2) is 0 Å². The smallest absolute Gasteiger partial charge is 0.109 e. The van der Waals surface area contributed by atoms with Gasteiger partial charge in [0.05, 0.1) is 19.4 Å². The van der Waals surface area contributed by atoms with Crippen molar-refractivity contribution >= 4 is 0 Å². The number of aromatic nitrogens is 3. The molecular weight excluding hydrogens is 132 g/mol. The third-order valence-electron chi connectivity index (χ3n) is 1.64. The number of H-pyrrole nitrogens is 1. The summed E-state index contributed by atoms with van der Waals surface area (Å²) in [4.78, 5) is 0. The average Bonchev–Trinajstić information content (AvgIpc) is 2.33. The third kappa shape index (κ3) is 0.644. The van der Waals surface area contributed by atoms with Crippen molar-refractivity contribution in [2.75, 3.05) is 13.2 Å². The summed E-state index contributed by atoms with van der Waals surface area (Å²) in [6.07, 6.45) is 1.63. The molecule has 0 atom stereocenters. The van der Waals surface area contributed by atoms with E-state index in [0.717, 1.165) is 5.69 Å². The molecule has 3 N–H and O–H groups in total. The van der Waals surface area contributed by atoms with E-state index < -0.39 is 0 Å². The molecule has 0 radical (unpaired) electrons. The zero-order valence-corrected chi connectivity index (χ0v) is 5.37. The van der Waals surface area contributed by atoms with Gasteiger partial charge in [-0.1, -0.05) is 0 Å². The normalized spacial score (nSPS) is 22.1. The van der Waals surface area contributed by atoms with E-state index in [9.17, 15) is 0 Å². The van der Waals surface area contributed by atoms with Gasteiger partial charge in [0.1, 0.15) is 11.2 Å². The van der Waals surface area contributed by atoms with E-state index in [0.29, 0.717) is 13.2 Å². The molecule has 0 aromatic carbocycles. The van der Waals surface area contributed by atoms with Crippen LogP contribution < -0.4 is 5.73 Å². The molecule has 1 aliphatic rings. The van der Waals surface area contributed by atoms with E-state index in [-0.39, 0.29) is 5.54 Å². The largest absolute Gasteiger partial charge is 0.377 e. The van der Waals surface area contributed by atoms with E-state index >= 15 is 0 Å². The summed E-state index contributed by atoms with van der Waals surface area (Å²) in [5.74, 6) is 0. The standard InChI is InChI=1S/C5H8N4O/c6-5(2-10-3-5)4-1-7-9-8-4/h1H,2-3,6H2,(H,7,8,9). The first-order valence-electron chi connectivity index (χ1n) is 3.04. The number of hydrogen-bond donors (Lipinski definition) is 2. The predicted molar refractivity (Wildman–Crippen MR) is 33.1 cm³/mol. The molecule has 10 heavy (non-hydrogen) atoms. The summed E-state index contributed by atoms with van der Waals surface area (Å²) in [6.45, 7) is 1.08. The van der Waals surface area contributed by atoms with Crippen LogP contribution in [0.1, 0.15) is 5.69 Å². The van der Waals surface area contributed by atoms with E-state index in [1.165, 1.54) is 0 Å². The van der Waals surface area contributed by atoms with Crippen molar-refractivity contribution in [1.29, 1.82) is 0 Å². The highest BCUT2D eigenvalue weighted by molar-refractivity contribution is 5.12. The van der Waals surface area contributed by atoms with Crippen molar-refractivity contribution in [1.82, 2.24) is 15.4 Å². The Hall–Kier alpha value is -0.940. The summed E-state index contributed by atoms with van der Waals surface area (Å²) in [5.41, 5.74) is 6.22. The minimum Gasteiger partial charge on any atom is -0.377 e. The molecule has 54 valence electrons. The first-order valence-corrected chi connectivity index (χ1v) is 3.04. The van der Waals surface area contributed by atoms with Gasteiger partial charge in [0.2, 0.25) is 0 Å². The molecule has 0 saturated carbocycles. The highest BCUT2D eigenvalue weighted by Crippen LogP contribution is 2.23. The second kappa shape index (κ2) is 1.77. The Balaban J connectivity index is 2.27. The highest BCUT2D eigenvalue weighted by Gasteiger charge is 2.38. The van der Waals surface area contributed by atoms with Crippen LogP contribution in [0, 0.1) is 0 Å². The molecular formula is C5H8N4O. The predicted octanol–water partition coefficient (Wildman–Crippen LogP) is -1.01. The second-order valence-corrected chi connectivity index (χ2v) is 2.50. The summed E-state index contributed by atoms with van der Waals surface area (Å²) < 4.78 is 4.96. The van der Waals surface area contributed by atoms with Crippen LogP contribution in [0.4, 0.5) is 0 Å². The van der Waals surface area contributed by atoms with Gasteiger partial charge in [0, 0.05) is 0 Å². The van der Waals surface area contributed by atoms with Gasteiger partial charge < -0.3 is 10.5 Å². The molecule has 1 aromatic heterocycles. The van der Waals surface area contributed by atoms with Gasteiger partial charge in [-0.15, -0.1) is 0 Å². The Labute approximate surface area is 57.6 Å². The molecule has 0 spiro atoms. The number of rotatable bonds is 1. The van der Waals surface area contributed by atoms with Crippen LogP contribution in [0.3, 0.4) is 0 Å². The molecule has 0 amide bonds. The average molecular weight is 140 g/mol. The molecule has 1 aromatic rings. The van der Waals surface area contributed by atoms with Crippen LogP contribution in [-0.4, -0.2) is 28.6 Å². The lowest BCUT2D eigenvalue weighted by Gasteiger charge is -2.35. The quantitative estimate of drug-likeness (QED) is 0.524. The maximum Gasteiger partial charge on any atom is 0.109 e. The van der Waals surface area contributed by atoms with Crippen molar-refractivity contribution in [3.05, 3.63) is 11.9 Å². The van der Waals surface area contributed by atoms with Crippen molar-refractivity contribution < 1.29 is 4.74 Å². The minimum absolute atomic E-state index is 0.382. The molecule has 1 saturated heterocycles. The molecule has 5 heteroatoms. The Morgan fingerprint density at radius 2 is 2.50 bits per heavy atom. The highest BCUT2D eigenvalue weighted by atomic mass is 16.5. The van der Waals surface area contributed by atoms with Gasteiger partial charge in [0.25, 0.3) is 0 Å². The van der Waals surface area contributed by atoms with Gasteiger partial charge in [-0.3, -0.25) is 0 Å². The van der Waals surface area contributed by atoms with Gasteiger partial charge in [-0.05, 0) is 0 Å². The molecule has 2 heterocycles. The monoisotopic (exact) mass is 140 g/mol. The first-order chi connectivity index (χ1) is 4.81. The van der Waals surface area contributed by atoms with Crippen LogP contribution in [-0.2, 0) is 10.3 Å². The maximum atomic E-state index is 5.82. The maximum absolute atomic E-state index is 5.82. The SMILES string of the molecule is NC1(c2cn[nH]n2)COC1. The lowest BCUT2D eigenvalue weighted by atomic mass is 9.96. The van der Waals surface area contributed by atoms with Crippen molar-refractivity contribution in [2.45, 2.75) is 5.54 Å². The number of aromatic amines is 1. The number of ether oxygens (including phenoxy) is 1. The molecule has 0 unspecified atom stereocenters. The lowest BCUT2D eigenvalue weighted by molar-refractivity contribution is -0.0590. The van der Waals surface area contributed by atoms with Crippen LogP contribution in [0.25, 0.3) is 0 Å². The zero-order valence-electron chi connectivity index (χ0n) is 5.37. The van der Waals surface area contributed by atoms with E-state index in [1.54, 1.807) is 6.20 Å². The molecule has 0 bridgehead atoms. The van der Waals surface area contributed by atoms with Crippen molar-refractivity contribution in [3.63, 3.8) is 0 Å². The summed E-state index contributed by atoms with van der Waals surface area (Å²) in [5, 5.41) is 10.0. The van der Waals surface area contributed by atoms with Crippen LogP contribution in [0.2, 0.25) is 0 Å². The molecule has 1 fully saturated rings. The van der Waals surface area contributed by atoms with E-state index in [2.05, 4.69) is 15.4 Å². The van der Waals surface area contributed by atoms with E-state index in [4.69, 9.17) is 10.5 Å². The number of nitrogens with two attached hydrogens (primary N) is 1. The van der Waals surface area contributed by atoms with Gasteiger partial charge >= 0.3 is 0 Å². The molecule has 5 nitrogen and oxygen atoms in total. The first kappa shape index (κ1) is 5.82. The van der Waals surface area contributed by atoms with Crippen molar-refractivity contribution in [2.24, 2.45) is 5.73 Å². The fourth-order valence-electron chi connectivity index (χ4n) is 0.911. The Morgan fingerprint density at radius 1 is 1.70 bits per heavy atom. The number of nitrogens with one attached hydrogen (secondary N) is 1. The van der Waals surface area contributed by atoms with Gasteiger partial charge in [-0.2, -0.15) is 15.4 Å². The molecule has 2 rings (SSSR count). The summed E-state index contributed by atoms with van der Waals surface area (Å²) in [7, 11) is 0. The number of nitrogens with zero attached hydrogens (tertiary/aromatic N) is 2. The zero-order chi connectivity index (χ0) is 7.03. The minimum atomic E-state index is -0.382. The number of hydrogen-bond acceptors (Lipinski definition) is 4. The van der Waals surface area contributed by atoms with Gasteiger partial charge in [0.15, 0.2) is 0 Å². The molecule has 1 aliphatic heterocycles. The van der Waals surface area contributed by atoms with E-state index in [1.807, 2.05) is 0 Å².